The monoisotopic (exact) mass is 438 g/mol. The Morgan fingerprint density at radius 2 is 1.78 bits per heavy atom. The van der Waals surface area contributed by atoms with Gasteiger partial charge in [0.05, 0.1) is 0 Å². The summed E-state index contributed by atoms with van der Waals surface area (Å²) >= 11 is 0. The third-order valence-electron chi connectivity index (χ3n) is 5.99. The van der Waals surface area contributed by atoms with Crippen LogP contribution in [0.5, 0.6) is 0 Å². The van der Waals surface area contributed by atoms with E-state index in [1.165, 1.54) is 17.0 Å². The van der Waals surface area contributed by atoms with Gasteiger partial charge in [-0.1, -0.05) is 42.5 Å². The highest BCUT2D eigenvalue weighted by molar-refractivity contribution is 5.95. The fraction of sp³-hybridized carbons (Fsp3) is 0.375. The van der Waals surface area contributed by atoms with Crippen LogP contribution in [0, 0.1) is 5.82 Å². The van der Waals surface area contributed by atoms with E-state index >= 15 is 0 Å². The van der Waals surface area contributed by atoms with Gasteiger partial charge in [0.2, 0.25) is 11.8 Å². The zero-order chi connectivity index (χ0) is 22.5. The second kappa shape index (κ2) is 9.80. The number of halogens is 1. The fourth-order valence-corrected chi connectivity index (χ4v) is 4.29. The van der Waals surface area contributed by atoms with Crippen molar-refractivity contribution in [2.24, 2.45) is 0 Å². The molecule has 32 heavy (non-hydrogen) atoms. The zero-order valence-corrected chi connectivity index (χ0v) is 17.9. The number of piperazine rings is 1. The van der Waals surface area contributed by atoms with Crippen molar-refractivity contribution < 1.29 is 18.8 Å². The van der Waals surface area contributed by atoms with Crippen molar-refractivity contribution in [3.8, 4) is 0 Å². The Morgan fingerprint density at radius 3 is 2.56 bits per heavy atom. The van der Waals surface area contributed by atoms with Gasteiger partial charge in [-0.25, -0.2) is 9.18 Å². The second-order valence-corrected chi connectivity index (χ2v) is 8.17. The fourth-order valence-electron chi connectivity index (χ4n) is 4.29. The molecule has 1 unspecified atom stereocenters. The molecule has 8 heteroatoms. The van der Waals surface area contributed by atoms with Crippen LogP contribution in [0.25, 0.3) is 0 Å². The van der Waals surface area contributed by atoms with E-state index in [9.17, 15) is 18.8 Å². The normalized spacial score (nSPS) is 18.9. The number of urea groups is 1. The highest BCUT2D eigenvalue weighted by atomic mass is 19.1. The predicted molar refractivity (Wildman–Crippen MR) is 117 cm³/mol. The van der Waals surface area contributed by atoms with Crippen molar-refractivity contribution in [2.45, 2.75) is 25.4 Å². The average Bonchev–Trinajstić information content (AvgIpc) is 3.02. The molecule has 168 valence electrons. The van der Waals surface area contributed by atoms with E-state index in [-0.39, 0.29) is 36.8 Å². The van der Waals surface area contributed by atoms with Gasteiger partial charge in [0, 0.05) is 32.7 Å². The molecule has 0 spiro atoms. The first-order valence-corrected chi connectivity index (χ1v) is 10.9. The number of carbonyl (C=O) groups is 3. The number of nitrogens with one attached hydrogen (secondary N) is 1. The molecule has 0 bridgehead atoms. The lowest BCUT2D eigenvalue weighted by Gasteiger charge is -2.39. The Kier molecular flexibility index (Phi) is 6.68. The standard InChI is InChI=1S/C24H27FN4O3/c25-20-8-4-7-19(15-20)16-28-17-22(30)29-14-13-27(12-10-21(29)23(28)31)24(32)26-11-9-18-5-2-1-3-6-18/h1-8,15,21H,9-14,16-17H2,(H,26,32). The summed E-state index contributed by atoms with van der Waals surface area (Å²) in [5.41, 5.74) is 1.79. The Morgan fingerprint density at radius 1 is 1.00 bits per heavy atom. The van der Waals surface area contributed by atoms with Crippen LogP contribution in [-0.4, -0.2) is 71.3 Å². The minimum atomic E-state index is -0.591. The van der Waals surface area contributed by atoms with E-state index in [1.54, 1.807) is 21.9 Å². The van der Waals surface area contributed by atoms with Gasteiger partial charge in [-0.05, 0) is 36.1 Å². The molecule has 4 amide bonds. The van der Waals surface area contributed by atoms with Gasteiger partial charge < -0.3 is 20.0 Å². The molecule has 0 radical (unpaired) electrons. The van der Waals surface area contributed by atoms with Crippen LogP contribution in [0.2, 0.25) is 0 Å². The molecule has 1 atom stereocenters. The number of fused-ring (bicyclic) bond motifs is 1. The van der Waals surface area contributed by atoms with Gasteiger partial charge in [-0.2, -0.15) is 0 Å². The quantitative estimate of drug-likeness (QED) is 0.777. The third-order valence-corrected chi connectivity index (χ3v) is 5.99. The first kappa shape index (κ1) is 21.8. The number of carbonyl (C=O) groups excluding carboxylic acids is 3. The van der Waals surface area contributed by atoms with Crippen molar-refractivity contribution in [3.05, 3.63) is 71.5 Å². The largest absolute Gasteiger partial charge is 0.338 e. The molecule has 0 aromatic heterocycles. The smallest absolute Gasteiger partial charge is 0.317 e. The summed E-state index contributed by atoms with van der Waals surface area (Å²) in [5.74, 6) is -0.666. The maximum absolute atomic E-state index is 13.5. The zero-order valence-electron chi connectivity index (χ0n) is 17.9. The van der Waals surface area contributed by atoms with Gasteiger partial charge in [0.25, 0.3) is 0 Å². The number of nitrogens with zero attached hydrogens (tertiary/aromatic N) is 3. The highest BCUT2D eigenvalue weighted by Gasteiger charge is 2.41. The lowest BCUT2D eigenvalue weighted by molar-refractivity contribution is -0.156. The molecule has 7 nitrogen and oxygen atoms in total. The number of hydrogen-bond donors (Lipinski definition) is 1. The summed E-state index contributed by atoms with van der Waals surface area (Å²) in [6.45, 7) is 1.79. The van der Waals surface area contributed by atoms with Gasteiger partial charge in [-0.15, -0.1) is 0 Å². The number of rotatable bonds is 5. The van der Waals surface area contributed by atoms with E-state index in [0.717, 1.165) is 12.0 Å². The minimum Gasteiger partial charge on any atom is -0.338 e. The average molecular weight is 439 g/mol. The topological polar surface area (TPSA) is 73.0 Å². The summed E-state index contributed by atoms with van der Waals surface area (Å²) < 4.78 is 13.5. The van der Waals surface area contributed by atoms with E-state index in [2.05, 4.69) is 5.32 Å². The molecule has 0 saturated carbocycles. The third kappa shape index (κ3) is 5.07. The maximum Gasteiger partial charge on any atom is 0.317 e. The van der Waals surface area contributed by atoms with Crippen LogP contribution in [0.1, 0.15) is 17.5 Å². The number of benzene rings is 2. The lowest BCUT2D eigenvalue weighted by Crippen LogP contribution is -2.59. The molecule has 4 rings (SSSR count). The molecule has 2 aromatic carbocycles. The first-order valence-electron chi connectivity index (χ1n) is 10.9. The van der Waals surface area contributed by atoms with Crippen molar-refractivity contribution in [2.75, 3.05) is 32.7 Å². The van der Waals surface area contributed by atoms with E-state index in [0.29, 0.717) is 38.2 Å². The number of hydrogen-bond acceptors (Lipinski definition) is 3. The van der Waals surface area contributed by atoms with Crippen LogP contribution in [-0.2, 0) is 22.6 Å². The molecular formula is C24H27FN4O3. The molecule has 2 aliphatic heterocycles. The SMILES string of the molecule is O=C(NCCc1ccccc1)N1CCC2C(=O)N(Cc3cccc(F)c3)CC(=O)N2CC1. The van der Waals surface area contributed by atoms with Crippen LogP contribution >= 0.6 is 0 Å². The molecule has 0 aliphatic carbocycles. The van der Waals surface area contributed by atoms with E-state index < -0.39 is 6.04 Å². The Bertz CT molecular complexity index is 984. The van der Waals surface area contributed by atoms with Crippen LogP contribution in [0.4, 0.5) is 9.18 Å². The minimum absolute atomic E-state index is 0.0326. The van der Waals surface area contributed by atoms with Gasteiger partial charge in [0.15, 0.2) is 0 Å². The van der Waals surface area contributed by atoms with Crippen molar-refractivity contribution in [1.82, 2.24) is 20.0 Å². The van der Waals surface area contributed by atoms with E-state index in [4.69, 9.17) is 0 Å². The lowest BCUT2D eigenvalue weighted by atomic mass is 10.1. The van der Waals surface area contributed by atoms with Crippen LogP contribution < -0.4 is 5.32 Å². The maximum atomic E-state index is 13.5. The Hall–Kier alpha value is -3.42. The summed E-state index contributed by atoms with van der Waals surface area (Å²) in [6.07, 6.45) is 1.12. The van der Waals surface area contributed by atoms with E-state index in [1.807, 2.05) is 30.3 Å². The van der Waals surface area contributed by atoms with Crippen molar-refractivity contribution in [3.63, 3.8) is 0 Å². The molecular weight excluding hydrogens is 411 g/mol. The number of amides is 4. The Labute approximate surface area is 186 Å². The Balaban J connectivity index is 1.34. The first-order chi connectivity index (χ1) is 15.5. The second-order valence-electron chi connectivity index (χ2n) is 8.17. The predicted octanol–water partition coefficient (Wildman–Crippen LogP) is 2.02. The molecule has 2 heterocycles. The summed E-state index contributed by atoms with van der Waals surface area (Å²) in [5, 5.41) is 2.93. The van der Waals surface area contributed by atoms with Crippen molar-refractivity contribution in [1.29, 1.82) is 0 Å². The molecule has 2 saturated heterocycles. The summed E-state index contributed by atoms with van der Waals surface area (Å²) in [4.78, 5) is 43.2. The van der Waals surface area contributed by atoms with Crippen LogP contribution in [0.15, 0.2) is 54.6 Å². The van der Waals surface area contributed by atoms with Gasteiger partial charge >= 0.3 is 6.03 Å². The van der Waals surface area contributed by atoms with Crippen molar-refractivity contribution >= 4 is 17.8 Å². The molecule has 2 aliphatic rings. The molecule has 2 aromatic rings. The molecule has 2 fully saturated rings. The highest BCUT2D eigenvalue weighted by Crippen LogP contribution is 2.21. The van der Waals surface area contributed by atoms with Gasteiger partial charge in [0.1, 0.15) is 18.4 Å². The summed E-state index contributed by atoms with van der Waals surface area (Å²) in [7, 11) is 0. The van der Waals surface area contributed by atoms with Crippen LogP contribution in [0.3, 0.4) is 0 Å². The van der Waals surface area contributed by atoms with Gasteiger partial charge in [-0.3, -0.25) is 9.59 Å². The molecule has 1 N–H and O–H groups in total. The summed E-state index contributed by atoms with van der Waals surface area (Å²) in [6, 6.07) is 15.2.